The van der Waals surface area contributed by atoms with Crippen molar-refractivity contribution in [2.75, 3.05) is 40.3 Å². The van der Waals surface area contributed by atoms with E-state index < -0.39 is 0 Å². The van der Waals surface area contributed by atoms with E-state index in [9.17, 15) is 4.79 Å². The highest BCUT2D eigenvalue weighted by molar-refractivity contribution is 14.0. The lowest BCUT2D eigenvalue weighted by molar-refractivity contribution is -0.122. The Balaban J connectivity index is 0.00000261. The molecule has 0 radical (unpaired) electrons. The van der Waals surface area contributed by atoms with Crippen LogP contribution in [0.5, 0.6) is 0 Å². The van der Waals surface area contributed by atoms with Gasteiger partial charge in [-0.25, -0.2) is 0 Å². The quantitative estimate of drug-likeness (QED) is 0.307. The molecule has 0 aromatic rings. The Morgan fingerprint density at radius 1 is 1.30 bits per heavy atom. The molecule has 2 heterocycles. The van der Waals surface area contributed by atoms with E-state index in [0.717, 1.165) is 44.9 Å². The van der Waals surface area contributed by atoms with Crippen molar-refractivity contribution < 1.29 is 9.53 Å². The third-order valence-electron chi connectivity index (χ3n) is 6.40. The molecule has 1 atom stereocenters. The average Bonchev–Trinajstić information content (AvgIpc) is 3.17. The second kappa shape index (κ2) is 10.8. The Hall–Kier alpha value is -0.610. The number of halogens is 1. The molecular weight excluding hydrogens is 457 g/mol. The standard InChI is InChI=1S/C19H35N5O2.HI/c1-20-18(23-15-5-6-17(25)21-13-15)22-14-19(9-3-4-10-19)24-11-7-16(26-2)8-12-24;/h15-16H,3-14H2,1-2H3,(H,21,25)(H2,20,22,23);1H. The molecule has 3 N–H and O–H groups in total. The van der Waals surface area contributed by atoms with Crippen LogP contribution in [-0.2, 0) is 9.53 Å². The molecule has 7 nitrogen and oxygen atoms in total. The first-order valence-corrected chi connectivity index (χ1v) is 10.2. The van der Waals surface area contributed by atoms with Crippen molar-refractivity contribution in [3.8, 4) is 0 Å². The summed E-state index contributed by atoms with van der Waals surface area (Å²) in [5.41, 5.74) is 0.247. The van der Waals surface area contributed by atoms with Gasteiger partial charge in [0.2, 0.25) is 5.91 Å². The summed E-state index contributed by atoms with van der Waals surface area (Å²) in [6.45, 7) is 3.86. The normalized spacial score (nSPS) is 27.0. The molecular formula is C19H36IN5O2. The summed E-state index contributed by atoms with van der Waals surface area (Å²) in [4.78, 5) is 18.4. The van der Waals surface area contributed by atoms with E-state index in [1.807, 2.05) is 14.2 Å². The molecule has 8 heteroatoms. The molecule has 0 aromatic heterocycles. The second-order valence-electron chi connectivity index (χ2n) is 7.96. The number of likely N-dealkylation sites (tertiary alicyclic amines) is 1. The van der Waals surface area contributed by atoms with Gasteiger partial charge < -0.3 is 20.7 Å². The van der Waals surface area contributed by atoms with Gasteiger partial charge in [-0.05, 0) is 32.1 Å². The fourth-order valence-electron chi connectivity index (χ4n) is 4.70. The van der Waals surface area contributed by atoms with Crippen LogP contribution in [-0.4, -0.2) is 74.8 Å². The van der Waals surface area contributed by atoms with E-state index >= 15 is 0 Å². The van der Waals surface area contributed by atoms with Crippen LogP contribution in [0.25, 0.3) is 0 Å². The Labute approximate surface area is 180 Å². The van der Waals surface area contributed by atoms with Crippen molar-refractivity contribution >= 4 is 35.8 Å². The molecule has 156 valence electrons. The number of carbonyl (C=O) groups is 1. The van der Waals surface area contributed by atoms with Gasteiger partial charge in [-0.3, -0.25) is 14.7 Å². The Bertz CT molecular complexity index is 492. The summed E-state index contributed by atoms with van der Waals surface area (Å²) >= 11 is 0. The molecule has 2 saturated heterocycles. The maximum Gasteiger partial charge on any atom is 0.220 e. The number of methoxy groups -OCH3 is 1. The van der Waals surface area contributed by atoms with Gasteiger partial charge >= 0.3 is 0 Å². The molecule has 27 heavy (non-hydrogen) atoms. The molecule has 3 aliphatic rings. The molecule has 0 spiro atoms. The van der Waals surface area contributed by atoms with Gasteiger partial charge in [-0.1, -0.05) is 12.8 Å². The predicted octanol–water partition coefficient (Wildman–Crippen LogP) is 1.47. The van der Waals surface area contributed by atoms with Crippen molar-refractivity contribution in [2.24, 2.45) is 4.99 Å². The van der Waals surface area contributed by atoms with E-state index in [4.69, 9.17) is 4.74 Å². The predicted molar refractivity (Wildman–Crippen MR) is 119 cm³/mol. The first-order valence-electron chi connectivity index (χ1n) is 10.2. The Morgan fingerprint density at radius 2 is 2.00 bits per heavy atom. The summed E-state index contributed by atoms with van der Waals surface area (Å²) < 4.78 is 5.54. The van der Waals surface area contributed by atoms with Crippen LogP contribution in [0, 0.1) is 0 Å². The van der Waals surface area contributed by atoms with Gasteiger partial charge in [0.25, 0.3) is 0 Å². The summed E-state index contributed by atoms with van der Waals surface area (Å²) in [6.07, 6.45) is 9.28. The minimum absolute atomic E-state index is 0. The third-order valence-corrected chi connectivity index (χ3v) is 6.40. The molecule has 1 unspecified atom stereocenters. The number of carbonyl (C=O) groups excluding carboxylic acids is 1. The lowest BCUT2D eigenvalue weighted by atomic mass is 9.91. The molecule has 1 saturated carbocycles. The zero-order valence-electron chi connectivity index (χ0n) is 16.8. The Kier molecular flexibility index (Phi) is 9.07. The van der Waals surface area contributed by atoms with E-state index in [0.29, 0.717) is 19.1 Å². The van der Waals surface area contributed by atoms with Crippen LogP contribution < -0.4 is 16.0 Å². The number of piperidine rings is 2. The van der Waals surface area contributed by atoms with Crippen molar-refractivity contribution in [1.82, 2.24) is 20.9 Å². The van der Waals surface area contributed by atoms with Gasteiger partial charge in [0.05, 0.1) is 6.10 Å². The zero-order valence-corrected chi connectivity index (χ0v) is 19.1. The SMILES string of the molecule is CN=C(NCC1(N2CCC(OC)CC2)CCCC1)NC1CCC(=O)NC1.I. The number of ether oxygens (including phenoxy) is 1. The van der Waals surface area contributed by atoms with Crippen molar-refractivity contribution in [1.29, 1.82) is 0 Å². The van der Waals surface area contributed by atoms with Crippen LogP contribution in [0.4, 0.5) is 0 Å². The highest BCUT2D eigenvalue weighted by Crippen LogP contribution is 2.36. The van der Waals surface area contributed by atoms with Crippen LogP contribution in [0.1, 0.15) is 51.4 Å². The highest BCUT2D eigenvalue weighted by atomic mass is 127. The fourth-order valence-corrected chi connectivity index (χ4v) is 4.70. The van der Waals surface area contributed by atoms with Gasteiger partial charge in [0, 0.05) is 58.3 Å². The van der Waals surface area contributed by atoms with Crippen LogP contribution in [0.15, 0.2) is 4.99 Å². The minimum Gasteiger partial charge on any atom is -0.381 e. The molecule has 3 fully saturated rings. The maximum atomic E-state index is 11.3. The first kappa shape index (κ1) is 22.7. The lowest BCUT2D eigenvalue weighted by Crippen LogP contribution is -2.59. The summed E-state index contributed by atoms with van der Waals surface area (Å²) in [5, 5.41) is 9.98. The number of guanidine groups is 1. The molecule has 0 aromatic carbocycles. The van der Waals surface area contributed by atoms with E-state index in [2.05, 4.69) is 25.8 Å². The summed E-state index contributed by atoms with van der Waals surface area (Å²) in [5.74, 6) is 1.000. The van der Waals surface area contributed by atoms with Crippen LogP contribution in [0.3, 0.4) is 0 Å². The van der Waals surface area contributed by atoms with Gasteiger partial charge in [0.1, 0.15) is 0 Å². The lowest BCUT2D eigenvalue weighted by Gasteiger charge is -2.45. The summed E-state index contributed by atoms with van der Waals surface area (Å²) in [7, 11) is 3.65. The van der Waals surface area contributed by atoms with Crippen LogP contribution in [0.2, 0.25) is 0 Å². The maximum absolute atomic E-state index is 11.3. The number of amides is 1. The minimum atomic E-state index is 0. The fraction of sp³-hybridized carbons (Fsp3) is 0.895. The van der Waals surface area contributed by atoms with E-state index in [-0.39, 0.29) is 41.5 Å². The second-order valence-corrected chi connectivity index (χ2v) is 7.96. The van der Waals surface area contributed by atoms with Gasteiger partial charge in [0.15, 0.2) is 5.96 Å². The van der Waals surface area contributed by atoms with Crippen molar-refractivity contribution in [2.45, 2.75) is 69.1 Å². The number of rotatable bonds is 5. The van der Waals surface area contributed by atoms with Crippen molar-refractivity contribution in [3.63, 3.8) is 0 Å². The largest absolute Gasteiger partial charge is 0.381 e. The van der Waals surface area contributed by atoms with Gasteiger partial charge in [-0.15, -0.1) is 24.0 Å². The molecule has 3 rings (SSSR count). The Morgan fingerprint density at radius 3 is 2.56 bits per heavy atom. The van der Waals surface area contributed by atoms with Crippen molar-refractivity contribution in [3.05, 3.63) is 0 Å². The molecule has 2 aliphatic heterocycles. The van der Waals surface area contributed by atoms with Crippen LogP contribution >= 0.6 is 24.0 Å². The number of hydrogen-bond acceptors (Lipinski definition) is 4. The number of nitrogens with zero attached hydrogens (tertiary/aromatic N) is 2. The zero-order chi connectivity index (χ0) is 18.4. The number of hydrogen-bond donors (Lipinski definition) is 3. The molecule has 1 amide bonds. The molecule has 1 aliphatic carbocycles. The smallest absolute Gasteiger partial charge is 0.220 e. The monoisotopic (exact) mass is 493 g/mol. The topological polar surface area (TPSA) is 78.0 Å². The molecule has 0 bridgehead atoms. The average molecular weight is 493 g/mol. The highest BCUT2D eigenvalue weighted by Gasteiger charge is 2.41. The summed E-state index contributed by atoms with van der Waals surface area (Å²) in [6, 6.07) is 0.260. The third kappa shape index (κ3) is 5.93. The number of nitrogens with one attached hydrogen (secondary N) is 3. The number of aliphatic imine (C=N–C) groups is 1. The van der Waals surface area contributed by atoms with E-state index in [1.54, 1.807) is 0 Å². The van der Waals surface area contributed by atoms with E-state index in [1.165, 1.54) is 25.7 Å². The first-order chi connectivity index (χ1) is 12.6. The van der Waals surface area contributed by atoms with Gasteiger partial charge in [-0.2, -0.15) is 0 Å².